The Bertz CT molecular complexity index is 920. The molecule has 0 saturated carbocycles. The number of fused-ring (bicyclic) bond motifs is 1. The van der Waals surface area contributed by atoms with Crippen LogP contribution < -0.4 is 0 Å². The summed E-state index contributed by atoms with van der Waals surface area (Å²) >= 11 is 0. The maximum Gasteiger partial charge on any atom is 0.435 e. The zero-order valence-corrected chi connectivity index (χ0v) is 13.4. The van der Waals surface area contributed by atoms with Gasteiger partial charge in [0.25, 0.3) is 5.69 Å². The second kappa shape index (κ2) is 5.48. The molecule has 3 rings (SSSR count). The molecule has 0 unspecified atom stereocenters. The number of H-pyrrole nitrogens is 1. The van der Waals surface area contributed by atoms with E-state index in [4.69, 9.17) is 4.74 Å². The lowest BCUT2D eigenvalue weighted by molar-refractivity contribution is -0.384. The zero-order valence-electron chi connectivity index (χ0n) is 13.4. The standard InChI is InChI=1S/C16H16N4O4/c1-16(2,3)24-15(21)19-13-7-6-10(20(22)23)9-11(13)14(18-19)12-5-4-8-17-12/h4-9,17H,1-3H3. The summed E-state index contributed by atoms with van der Waals surface area (Å²) in [5.41, 5.74) is 0.800. The van der Waals surface area contributed by atoms with Gasteiger partial charge in [-0.1, -0.05) is 0 Å². The predicted octanol–water partition coefficient (Wildman–Crippen LogP) is 3.72. The number of rotatable bonds is 2. The first-order valence-corrected chi connectivity index (χ1v) is 7.30. The zero-order chi connectivity index (χ0) is 17.5. The smallest absolute Gasteiger partial charge is 0.435 e. The number of carbonyl (C=O) groups excluding carboxylic acids is 1. The molecule has 0 aliphatic carbocycles. The molecule has 0 aliphatic rings. The van der Waals surface area contributed by atoms with E-state index in [1.807, 2.05) is 0 Å². The number of nitrogens with zero attached hydrogens (tertiary/aromatic N) is 3. The number of nitro groups is 1. The number of benzene rings is 1. The fourth-order valence-corrected chi connectivity index (χ4v) is 2.34. The molecule has 1 N–H and O–H groups in total. The van der Waals surface area contributed by atoms with Gasteiger partial charge in [0.15, 0.2) is 0 Å². The highest BCUT2D eigenvalue weighted by Crippen LogP contribution is 2.30. The Morgan fingerprint density at radius 1 is 1.33 bits per heavy atom. The van der Waals surface area contributed by atoms with Crippen LogP contribution >= 0.6 is 0 Å². The van der Waals surface area contributed by atoms with Crippen LogP contribution in [-0.4, -0.2) is 31.4 Å². The first-order chi connectivity index (χ1) is 11.3. The minimum absolute atomic E-state index is 0.0703. The molecule has 3 aromatic rings. The van der Waals surface area contributed by atoms with E-state index in [0.717, 1.165) is 4.68 Å². The molecule has 0 aliphatic heterocycles. The molecule has 0 spiro atoms. The van der Waals surface area contributed by atoms with Crippen LogP contribution in [0.1, 0.15) is 20.8 Å². The summed E-state index contributed by atoms with van der Waals surface area (Å²) < 4.78 is 6.48. The quantitative estimate of drug-likeness (QED) is 0.570. The second-order valence-electron chi connectivity index (χ2n) is 6.28. The van der Waals surface area contributed by atoms with E-state index in [-0.39, 0.29) is 5.69 Å². The Kier molecular flexibility index (Phi) is 3.59. The van der Waals surface area contributed by atoms with Crippen molar-refractivity contribution in [3.63, 3.8) is 0 Å². The van der Waals surface area contributed by atoms with E-state index >= 15 is 0 Å². The van der Waals surface area contributed by atoms with Gasteiger partial charge in [-0.3, -0.25) is 10.1 Å². The molecule has 2 heterocycles. The number of aromatic nitrogens is 3. The lowest BCUT2D eigenvalue weighted by Gasteiger charge is -2.19. The van der Waals surface area contributed by atoms with Gasteiger partial charge in [0.1, 0.15) is 11.3 Å². The van der Waals surface area contributed by atoms with Crippen LogP contribution in [0.4, 0.5) is 10.5 Å². The molecule has 0 atom stereocenters. The molecule has 0 bridgehead atoms. The monoisotopic (exact) mass is 328 g/mol. The third-order valence-electron chi connectivity index (χ3n) is 3.29. The van der Waals surface area contributed by atoms with Crippen molar-refractivity contribution in [3.05, 3.63) is 46.6 Å². The minimum atomic E-state index is -0.678. The van der Waals surface area contributed by atoms with E-state index in [1.165, 1.54) is 18.2 Å². The Labute approximate surface area is 137 Å². The summed E-state index contributed by atoms with van der Waals surface area (Å²) in [6.45, 7) is 5.27. The number of carbonyl (C=O) groups is 1. The van der Waals surface area contributed by atoms with Crippen LogP contribution in [0, 0.1) is 10.1 Å². The largest absolute Gasteiger partial charge is 0.442 e. The highest BCUT2D eigenvalue weighted by atomic mass is 16.6. The van der Waals surface area contributed by atoms with Gasteiger partial charge in [0.05, 0.1) is 16.1 Å². The van der Waals surface area contributed by atoms with Gasteiger partial charge >= 0.3 is 6.09 Å². The van der Waals surface area contributed by atoms with Crippen molar-refractivity contribution in [2.24, 2.45) is 0 Å². The lowest BCUT2D eigenvalue weighted by Crippen LogP contribution is -2.27. The number of nitro benzene ring substituents is 1. The predicted molar refractivity (Wildman–Crippen MR) is 87.8 cm³/mol. The van der Waals surface area contributed by atoms with Gasteiger partial charge in [-0.05, 0) is 39.0 Å². The van der Waals surface area contributed by atoms with Crippen LogP contribution in [0.15, 0.2) is 36.5 Å². The first-order valence-electron chi connectivity index (χ1n) is 7.30. The van der Waals surface area contributed by atoms with E-state index in [1.54, 1.807) is 39.1 Å². The molecule has 0 amide bonds. The number of aromatic amines is 1. The molecule has 0 radical (unpaired) electrons. The molecular formula is C16H16N4O4. The van der Waals surface area contributed by atoms with Crippen molar-refractivity contribution in [2.45, 2.75) is 26.4 Å². The number of non-ortho nitro benzene ring substituents is 1. The van der Waals surface area contributed by atoms with Crippen molar-refractivity contribution >= 4 is 22.7 Å². The minimum Gasteiger partial charge on any atom is -0.442 e. The average molecular weight is 328 g/mol. The maximum absolute atomic E-state index is 12.4. The van der Waals surface area contributed by atoms with E-state index < -0.39 is 16.6 Å². The number of hydrogen-bond donors (Lipinski definition) is 1. The number of hydrogen-bond acceptors (Lipinski definition) is 5. The molecule has 124 valence electrons. The maximum atomic E-state index is 12.4. The lowest BCUT2D eigenvalue weighted by atomic mass is 10.1. The SMILES string of the molecule is CC(C)(C)OC(=O)n1nc(-c2ccc[nH]2)c2cc([N+](=O)[O-])ccc21. The molecule has 0 fully saturated rings. The van der Waals surface area contributed by atoms with Crippen molar-refractivity contribution in [1.82, 2.24) is 14.8 Å². The van der Waals surface area contributed by atoms with Crippen molar-refractivity contribution in [3.8, 4) is 11.4 Å². The summed E-state index contributed by atoms with van der Waals surface area (Å²) in [4.78, 5) is 26.0. The van der Waals surface area contributed by atoms with Gasteiger partial charge in [-0.15, -0.1) is 0 Å². The van der Waals surface area contributed by atoms with Crippen LogP contribution in [-0.2, 0) is 4.74 Å². The fraction of sp³-hybridized carbons (Fsp3) is 0.250. The van der Waals surface area contributed by atoms with E-state index in [2.05, 4.69) is 10.1 Å². The van der Waals surface area contributed by atoms with Crippen LogP contribution in [0.2, 0.25) is 0 Å². The third-order valence-corrected chi connectivity index (χ3v) is 3.29. The highest BCUT2D eigenvalue weighted by molar-refractivity contribution is 5.98. The summed E-state index contributed by atoms with van der Waals surface area (Å²) in [7, 11) is 0. The van der Waals surface area contributed by atoms with Crippen LogP contribution in [0.5, 0.6) is 0 Å². The van der Waals surface area contributed by atoms with Gasteiger partial charge in [-0.25, -0.2) is 4.79 Å². The fourth-order valence-electron chi connectivity index (χ4n) is 2.34. The average Bonchev–Trinajstić information content (AvgIpc) is 3.11. The van der Waals surface area contributed by atoms with E-state index in [0.29, 0.717) is 22.3 Å². The number of ether oxygens (including phenoxy) is 1. The Morgan fingerprint density at radius 3 is 2.67 bits per heavy atom. The Morgan fingerprint density at radius 2 is 2.08 bits per heavy atom. The summed E-state index contributed by atoms with van der Waals surface area (Å²) in [5.74, 6) is 0. The van der Waals surface area contributed by atoms with Crippen molar-refractivity contribution in [1.29, 1.82) is 0 Å². The first kappa shape index (κ1) is 15.7. The summed E-state index contributed by atoms with van der Waals surface area (Å²) in [6, 6.07) is 7.80. The van der Waals surface area contributed by atoms with Crippen LogP contribution in [0.25, 0.3) is 22.3 Å². The topological polar surface area (TPSA) is 103 Å². The molecule has 8 heteroatoms. The third kappa shape index (κ3) is 2.85. The Balaban J connectivity index is 2.21. The van der Waals surface area contributed by atoms with Crippen molar-refractivity contribution < 1.29 is 14.5 Å². The molecular weight excluding hydrogens is 312 g/mol. The molecule has 1 aromatic carbocycles. The second-order valence-corrected chi connectivity index (χ2v) is 6.28. The van der Waals surface area contributed by atoms with Gasteiger partial charge in [-0.2, -0.15) is 9.78 Å². The molecule has 0 saturated heterocycles. The summed E-state index contributed by atoms with van der Waals surface area (Å²) in [5, 5.41) is 15.9. The van der Waals surface area contributed by atoms with Crippen LogP contribution in [0.3, 0.4) is 0 Å². The van der Waals surface area contributed by atoms with E-state index in [9.17, 15) is 14.9 Å². The Hall–Kier alpha value is -3.16. The normalized spacial score (nSPS) is 11.6. The molecule has 24 heavy (non-hydrogen) atoms. The van der Waals surface area contributed by atoms with Crippen molar-refractivity contribution in [2.75, 3.05) is 0 Å². The number of nitrogens with one attached hydrogen (secondary N) is 1. The molecule has 8 nitrogen and oxygen atoms in total. The van der Waals surface area contributed by atoms with Gasteiger partial charge in [0.2, 0.25) is 0 Å². The summed E-state index contributed by atoms with van der Waals surface area (Å²) in [6.07, 6.45) is 1.07. The molecule has 2 aromatic heterocycles. The van der Waals surface area contributed by atoms with Gasteiger partial charge in [0, 0.05) is 23.7 Å². The highest BCUT2D eigenvalue weighted by Gasteiger charge is 2.24. The van der Waals surface area contributed by atoms with Gasteiger partial charge < -0.3 is 9.72 Å².